The normalized spacial score (nSPS) is 11.4. The van der Waals surface area contributed by atoms with Gasteiger partial charge in [-0.05, 0) is 31.4 Å². The van der Waals surface area contributed by atoms with E-state index in [1.165, 1.54) is 27.6 Å². The van der Waals surface area contributed by atoms with Crippen molar-refractivity contribution in [3.63, 3.8) is 0 Å². The quantitative estimate of drug-likeness (QED) is 0.187. The van der Waals surface area contributed by atoms with Gasteiger partial charge in [0.2, 0.25) is 5.89 Å². The largest absolute Gasteiger partial charge is 0.439 e. The summed E-state index contributed by atoms with van der Waals surface area (Å²) in [5, 5.41) is 7.90. The van der Waals surface area contributed by atoms with E-state index in [0.717, 1.165) is 30.2 Å². The highest BCUT2D eigenvalue weighted by Gasteiger charge is 2.08. The fourth-order valence-electron chi connectivity index (χ4n) is 3.51. The molecule has 2 aromatic heterocycles. The molecule has 0 atom stereocenters. The summed E-state index contributed by atoms with van der Waals surface area (Å²) in [6, 6.07) is 14.6. The smallest absolute Gasteiger partial charge is 0.214 e. The molecule has 0 radical (unpaired) electrons. The van der Waals surface area contributed by atoms with Crippen LogP contribution in [0.5, 0.6) is 0 Å². The number of para-hydroxylation sites is 1. The predicted molar refractivity (Wildman–Crippen MR) is 137 cm³/mol. The fraction of sp³-hybridized carbons (Fsp3) is 0.250. The molecule has 0 fully saturated rings. The van der Waals surface area contributed by atoms with E-state index in [1.54, 1.807) is 13.2 Å². The van der Waals surface area contributed by atoms with Crippen LogP contribution in [0.25, 0.3) is 22.2 Å². The number of halogens is 1. The third-order valence-corrected chi connectivity index (χ3v) is 5.22. The molecule has 31 heavy (non-hydrogen) atoms. The first kappa shape index (κ1) is 22.9. The second-order valence-corrected chi connectivity index (χ2v) is 7.40. The van der Waals surface area contributed by atoms with Crippen molar-refractivity contribution in [3.8, 4) is 11.3 Å². The summed E-state index contributed by atoms with van der Waals surface area (Å²) < 4.78 is 5.87. The molecule has 3 N–H and O–H groups in total. The summed E-state index contributed by atoms with van der Waals surface area (Å²) >= 11 is 0. The van der Waals surface area contributed by atoms with Crippen molar-refractivity contribution in [1.82, 2.24) is 20.6 Å². The van der Waals surface area contributed by atoms with Crippen LogP contribution in [0.3, 0.4) is 0 Å². The van der Waals surface area contributed by atoms with Crippen LogP contribution < -0.4 is 10.6 Å². The van der Waals surface area contributed by atoms with Crippen LogP contribution in [0.15, 0.2) is 64.3 Å². The van der Waals surface area contributed by atoms with Crippen molar-refractivity contribution < 1.29 is 4.42 Å². The fourth-order valence-corrected chi connectivity index (χ4v) is 3.51. The molecule has 0 bridgehead atoms. The summed E-state index contributed by atoms with van der Waals surface area (Å²) in [4.78, 5) is 12.0. The van der Waals surface area contributed by atoms with E-state index in [4.69, 9.17) is 4.42 Å². The summed E-state index contributed by atoms with van der Waals surface area (Å²) in [5.74, 6) is 2.12. The molecule has 0 aliphatic heterocycles. The molecule has 162 valence electrons. The molecule has 4 rings (SSSR count). The Morgan fingerprint density at radius 3 is 2.68 bits per heavy atom. The minimum atomic E-state index is 0. The Morgan fingerprint density at radius 2 is 1.90 bits per heavy atom. The number of hydrogen-bond donors (Lipinski definition) is 3. The number of oxazole rings is 1. The van der Waals surface area contributed by atoms with E-state index in [1.807, 2.05) is 12.1 Å². The zero-order chi connectivity index (χ0) is 20.9. The third kappa shape index (κ3) is 5.46. The average Bonchev–Trinajstić information content (AvgIpc) is 3.39. The van der Waals surface area contributed by atoms with Crippen molar-refractivity contribution in [2.24, 2.45) is 4.99 Å². The zero-order valence-corrected chi connectivity index (χ0v) is 20.4. The summed E-state index contributed by atoms with van der Waals surface area (Å²) in [6.07, 6.45) is 4.76. The molecule has 4 aromatic rings. The second-order valence-electron chi connectivity index (χ2n) is 7.40. The van der Waals surface area contributed by atoms with E-state index in [9.17, 15) is 0 Å². The van der Waals surface area contributed by atoms with Gasteiger partial charge in [-0.1, -0.05) is 48.0 Å². The molecule has 0 saturated heterocycles. The van der Waals surface area contributed by atoms with Gasteiger partial charge in [-0.25, -0.2) is 4.98 Å². The number of H-pyrrole nitrogens is 1. The lowest BCUT2D eigenvalue weighted by atomic mass is 10.1. The Hall–Kier alpha value is -2.81. The van der Waals surface area contributed by atoms with Crippen molar-refractivity contribution in [3.05, 3.63) is 77.4 Å². The van der Waals surface area contributed by atoms with Crippen molar-refractivity contribution in [2.75, 3.05) is 13.6 Å². The molecule has 0 saturated carbocycles. The topological polar surface area (TPSA) is 78.2 Å². The number of aromatic amines is 1. The van der Waals surface area contributed by atoms with E-state index >= 15 is 0 Å². The first-order valence-electron chi connectivity index (χ1n) is 10.2. The van der Waals surface area contributed by atoms with Crippen LogP contribution >= 0.6 is 24.0 Å². The maximum Gasteiger partial charge on any atom is 0.214 e. The molecule has 6 nitrogen and oxygen atoms in total. The summed E-state index contributed by atoms with van der Waals surface area (Å²) in [6.45, 7) is 5.44. The zero-order valence-electron chi connectivity index (χ0n) is 18.0. The molecule has 0 aliphatic rings. The maximum atomic E-state index is 5.87. The Balaban J connectivity index is 0.00000272. The number of aliphatic imine (C=N–C) groups is 1. The maximum absolute atomic E-state index is 5.87. The minimum absolute atomic E-state index is 0. The van der Waals surface area contributed by atoms with Gasteiger partial charge in [-0.15, -0.1) is 24.0 Å². The number of nitrogens with zero attached hydrogens (tertiary/aromatic N) is 2. The minimum Gasteiger partial charge on any atom is -0.439 e. The lowest BCUT2D eigenvalue weighted by Crippen LogP contribution is -2.37. The molecule has 0 unspecified atom stereocenters. The highest BCUT2D eigenvalue weighted by Crippen LogP contribution is 2.22. The van der Waals surface area contributed by atoms with E-state index < -0.39 is 0 Å². The van der Waals surface area contributed by atoms with E-state index in [2.05, 4.69) is 76.0 Å². The molecular formula is C24H28IN5O. The number of nitrogens with one attached hydrogen (secondary N) is 3. The highest BCUT2D eigenvalue weighted by atomic mass is 127. The second kappa shape index (κ2) is 10.5. The molecule has 0 aliphatic carbocycles. The monoisotopic (exact) mass is 529 g/mol. The van der Waals surface area contributed by atoms with Crippen LogP contribution in [0.4, 0.5) is 0 Å². The van der Waals surface area contributed by atoms with E-state index in [-0.39, 0.29) is 24.0 Å². The SMILES string of the molecule is CN=C(NCCc1c[nH]c2c(C)cccc12)NCc1ncc(-c2ccc(C)cc2)o1.I. The van der Waals surface area contributed by atoms with E-state index in [0.29, 0.717) is 12.4 Å². The third-order valence-electron chi connectivity index (χ3n) is 5.22. The summed E-state index contributed by atoms with van der Waals surface area (Å²) in [7, 11) is 1.76. The Morgan fingerprint density at radius 1 is 1.10 bits per heavy atom. The van der Waals surface area contributed by atoms with Crippen LogP contribution in [0, 0.1) is 13.8 Å². The van der Waals surface area contributed by atoms with Crippen molar-refractivity contribution in [2.45, 2.75) is 26.8 Å². The lowest BCUT2D eigenvalue weighted by molar-refractivity contribution is 0.497. The Kier molecular flexibility index (Phi) is 7.73. The average molecular weight is 529 g/mol. The van der Waals surface area contributed by atoms with Gasteiger partial charge in [0, 0.05) is 36.3 Å². The van der Waals surface area contributed by atoms with Gasteiger partial charge in [-0.3, -0.25) is 4.99 Å². The number of guanidine groups is 1. The van der Waals surface area contributed by atoms with Gasteiger partial charge in [0.25, 0.3) is 0 Å². The van der Waals surface area contributed by atoms with Gasteiger partial charge in [-0.2, -0.15) is 0 Å². The number of aromatic nitrogens is 2. The number of aryl methyl sites for hydroxylation is 2. The van der Waals surface area contributed by atoms with Crippen molar-refractivity contribution in [1.29, 1.82) is 0 Å². The number of fused-ring (bicyclic) bond motifs is 1. The molecular weight excluding hydrogens is 501 g/mol. The van der Waals surface area contributed by atoms with Crippen LogP contribution in [0.2, 0.25) is 0 Å². The number of rotatable bonds is 6. The first-order valence-corrected chi connectivity index (χ1v) is 10.2. The Labute approximate surface area is 199 Å². The molecule has 2 heterocycles. The molecule has 2 aromatic carbocycles. The van der Waals surface area contributed by atoms with Gasteiger partial charge in [0.15, 0.2) is 11.7 Å². The Bertz CT molecular complexity index is 1160. The summed E-state index contributed by atoms with van der Waals surface area (Å²) in [5.41, 5.74) is 6.02. The number of benzene rings is 2. The molecule has 0 amide bonds. The predicted octanol–water partition coefficient (Wildman–Crippen LogP) is 4.97. The molecule has 7 heteroatoms. The van der Waals surface area contributed by atoms with Crippen LogP contribution in [-0.2, 0) is 13.0 Å². The highest BCUT2D eigenvalue weighted by molar-refractivity contribution is 14.0. The van der Waals surface area contributed by atoms with Crippen LogP contribution in [-0.4, -0.2) is 29.5 Å². The standard InChI is InChI=1S/C24H27N5O.HI/c1-16-7-9-18(10-8-16)21-14-27-22(30-21)15-29-24(25-3)26-12-11-19-13-28-23-17(2)5-4-6-20(19)23;/h4-10,13-14,28H,11-12,15H2,1-3H3,(H2,25,26,29);1H. The van der Waals surface area contributed by atoms with Gasteiger partial charge < -0.3 is 20.0 Å². The first-order chi connectivity index (χ1) is 14.6. The lowest BCUT2D eigenvalue weighted by Gasteiger charge is -2.10. The van der Waals surface area contributed by atoms with Gasteiger partial charge in [0.05, 0.1) is 12.7 Å². The number of hydrogen-bond acceptors (Lipinski definition) is 3. The van der Waals surface area contributed by atoms with Crippen molar-refractivity contribution >= 4 is 40.8 Å². The van der Waals surface area contributed by atoms with Gasteiger partial charge in [0.1, 0.15) is 0 Å². The molecule has 0 spiro atoms. The van der Waals surface area contributed by atoms with Gasteiger partial charge >= 0.3 is 0 Å². The van der Waals surface area contributed by atoms with Crippen LogP contribution in [0.1, 0.15) is 22.6 Å².